The molecule has 20 heavy (non-hydrogen) atoms. The second kappa shape index (κ2) is 5.82. The van der Waals surface area contributed by atoms with Crippen molar-refractivity contribution in [2.45, 2.75) is 26.3 Å². The first-order valence-corrected chi connectivity index (χ1v) is 6.54. The van der Waals surface area contributed by atoms with E-state index in [0.29, 0.717) is 17.4 Å². The standard InChI is InChI=1S/C16H20N2O2/c1-16(2,3)18-14-10-7-11-15(17-14)20-13-9-6-5-8-12(13)19-4/h5-11H,1-4H3,(H,17,18). The highest BCUT2D eigenvalue weighted by molar-refractivity contribution is 5.44. The zero-order valence-electron chi connectivity index (χ0n) is 12.3. The van der Waals surface area contributed by atoms with Crippen molar-refractivity contribution < 1.29 is 9.47 Å². The van der Waals surface area contributed by atoms with Gasteiger partial charge in [-0.05, 0) is 39.0 Å². The van der Waals surface area contributed by atoms with Gasteiger partial charge in [0, 0.05) is 11.6 Å². The molecule has 0 aliphatic heterocycles. The summed E-state index contributed by atoms with van der Waals surface area (Å²) < 4.78 is 11.0. The molecule has 0 aliphatic rings. The van der Waals surface area contributed by atoms with Crippen molar-refractivity contribution in [3.63, 3.8) is 0 Å². The predicted molar refractivity (Wildman–Crippen MR) is 80.7 cm³/mol. The molecular weight excluding hydrogens is 252 g/mol. The third-order valence-electron chi connectivity index (χ3n) is 2.51. The van der Waals surface area contributed by atoms with Gasteiger partial charge in [0.2, 0.25) is 5.88 Å². The van der Waals surface area contributed by atoms with E-state index in [1.54, 1.807) is 7.11 Å². The van der Waals surface area contributed by atoms with Gasteiger partial charge in [0.05, 0.1) is 7.11 Å². The largest absolute Gasteiger partial charge is 0.493 e. The Balaban J connectivity index is 2.19. The van der Waals surface area contributed by atoms with Crippen molar-refractivity contribution in [1.82, 2.24) is 4.98 Å². The van der Waals surface area contributed by atoms with Crippen LogP contribution in [0.1, 0.15) is 20.8 Å². The van der Waals surface area contributed by atoms with E-state index in [1.165, 1.54) is 0 Å². The lowest BCUT2D eigenvalue weighted by Crippen LogP contribution is -2.26. The van der Waals surface area contributed by atoms with Crippen molar-refractivity contribution in [3.8, 4) is 17.4 Å². The maximum absolute atomic E-state index is 5.78. The number of rotatable bonds is 4. The molecule has 0 fully saturated rings. The Morgan fingerprint density at radius 1 is 0.950 bits per heavy atom. The highest BCUT2D eigenvalue weighted by atomic mass is 16.5. The number of nitrogens with one attached hydrogen (secondary N) is 1. The average Bonchev–Trinajstić information content (AvgIpc) is 2.38. The molecule has 0 unspecified atom stereocenters. The monoisotopic (exact) mass is 272 g/mol. The molecular formula is C16H20N2O2. The number of aromatic nitrogens is 1. The summed E-state index contributed by atoms with van der Waals surface area (Å²) in [5.41, 5.74) is -0.0456. The maximum atomic E-state index is 5.78. The normalized spacial score (nSPS) is 11.0. The molecule has 1 aromatic carbocycles. The van der Waals surface area contributed by atoms with E-state index >= 15 is 0 Å². The number of para-hydroxylation sites is 2. The molecule has 1 aromatic heterocycles. The number of anilines is 1. The van der Waals surface area contributed by atoms with Crippen molar-refractivity contribution in [2.75, 3.05) is 12.4 Å². The summed E-state index contributed by atoms with van der Waals surface area (Å²) in [5.74, 6) is 2.65. The molecule has 4 nitrogen and oxygen atoms in total. The fourth-order valence-electron chi connectivity index (χ4n) is 1.74. The lowest BCUT2D eigenvalue weighted by atomic mass is 10.1. The molecule has 4 heteroatoms. The van der Waals surface area contributed by atoms with Crippen molar-refractivity contribution in [3.05, 3.63) is 42.5 Å². The zero-order chi connectivity index (χ0) is 14.6. The highest BCUT2D eigenvalue weighted by Crippen LogP contribution is 2.30. The van der Waals surface area contributed by atoms with Crippen LogP contribution in [0.15, 0.2) is 42.5 Å². The highest BCUT2D eigenvalue weighted by Gasteiger charge is 2.11. The van der Waals surface area contributed by atoms with Gasteiger partial charge in [-0.1, -0.05) is 18.2 Å². The molecule has 2 aromatic rings. The van der Waals surface area contributed by atoms with Crippen LogP contribution in [-0.4, -0.2) is 17.6 Å². The van der Waals surface area contributed by atoms with Gasteiger partial charge in [0.1, 0.15) is 5.82 Å². The van der Waals surface area contributed by atoms with E-state index in [0.717, 1.165) is 5.82 Å². The van der Waals surface area contributed by atoms with E-state index < -0.39 is 0 Å². The minimum atomic E-state index is -0.0456. The summed E-state index contributed by atoms with van der Waals surface area (Å²) in [4.78, 5) is 4.44. The summed E-state index contributed by atoms with van der Waals surface area (Å²) in [6.45, 7) is 6.26. The summed E-state index contributed by atoms with van der Waals surface area (Å²) in [6, 6.07) is 13.1. The minimum absolute atomic E-state index is 0.0456. The molecule has 0 saturated heterocycles. The first-order valence-electron chi connectivity index (χ1n) is 6.54. The lowest BCUT2D eigenvalue weighted by molar-refractivity contribution is 0.374. The van der Waals surface area contributed by atoms with Crippen LogP contribution in [0.4, 0.5) is 5.82 Å². The third-order valence-corrected chi connectivity index (χ3v) is 2.51. The average molecular weight is 272 g/mol. The fraction of sp³-hybridized carbons (Fsp3) is 0.312. The first-order chi connectivity index (χ1) is 9.48. The number of benzene rings is 1. The van der Waals surface area contributed by atoms with Crippen LogP contribution in [0.2, 0.25) is 0 Å². The third kappa shape index (κ3) is 3.88. The van der Waals surface area contributed by atoms with E-state index in [-0.39, 0.29) is 5.54 Å². The Morgan fingerprint density at radius 3 is 2.30 bits per heavy atom. The molecule has 0 aliphatic carbocycles. The van der Waals surface area contributed by atoms with Gasteiger partial charge in [-0.2, -0.15) is 4.98 Å². The lowest BCUT2D eigenvalue weighted by Gasteiger charge is -2.21. The van der Waals surface area contributed by atoms with Crippen LogP contribution in [0.5, 0.6) is 17.4 Å². The Hall–Kier alpha value is -2.23. The Bertz CT molecular complexity index is 577. The van der Waals surface area contributed by atoms with E-state index in [1.807, 2.05) is 42.5 Å². The van der Waals surface area contributed by atoms with Gasteiger partial charge in [-0.25, -0.2) is 0 Å². The van der Waals surface area contributed by atoms with Crippen LogP contribution in [0, 0.1) is 0 Å². The van der Waals surface area contributed by atoms with Gasteiger partial charge in [0.15, 0.2) is 11.5 Å². The van der Waals surface area contributed by atoms with Gasteiger partial charge in [-0.3, -0.25) is 0 Å². The van der Waals surface area contributed by atoms with Crippen molar-refractivity contribution in [1.29, 1.82) is 0 Å². The molecule has 0 spiro atoms. The minimum Gasteiger partial charge on any atom is -0.493 e. The van der Waals surface area contributed by atoms with E-state index in [4.69, 9.17) is 9.47 Å². The number of pyridine rings is 1. The summed E-state index contributed by atoms with van der Waals surface area (Å²) in [5, 5.41) is 3.31. The van der Waals surface area contributed by atoms with Gasteiger partial charge in [0.25, 0.3) is 0 Å². The summed E-state index contributed by atoms with van der Waals surface area (Å²) >= 11 is 0. The van der Waals surface area contributed by atoms with Crippen LogP contribution >= 0.6 is 0 Å². The molecule has 1 N–H and O–H groups in total. The van der Waals surface area contributed by atoms with Gasteiger partial charge in [-0.15, -0.1) is 0 Å². The Labute approximate surface area is 119 Å². The van der Waals surface area contributed by atoms with Gasteiger partial charge < -0.3 is 14.8 Å². The number of ether oxygens (including phenoxy) is 2. The molecule has 2 rings (SSSR count). The van der Waals surface area contributed by atoms with Crippen LogP contribution in [-0.2, 0) is 0 Å². The second-order valence-corrected chi connectivity index (χ2v) is 5.49. The number of hydrogen-bond donors (Lipinski definition) is 1. The van der Waals surface area contributed by atoms with Crippen LogP contribution in [0.3, 0.4) is 0 Å². The Morgan fingerprint density at radius 2 is 1.65 bits per heavy atom. The summed E-state index contributed by atoms with van der Waals surface area (Å²) in [7, 11) is 1.62. The molecule has 1 heterocycles. The fourth-order valence-corrected chi connectivity index (χ4v) is 1.74. The number of nitrogens with zero attached hydrogens (tertiary/aromatic N) is 1. The quantitative estimate of drug-likeness (QED) is 0.910. The number of hydrogen-bond acceptors (Lipinski definition) is 4. The first kappa shape index (κ1) is 14.2. The molecule has 0 radical (unpaired) electrons. The topological polar surface area (TPSA) is 43.4 Å². The predicted octanol–water partition coefficient (Wildman–Crippen LogP) is 4.09. The molecule has 0 atom stereocenters. The second-order valence-electron chi connectivity index (χ2n) is 5.49. The van der Waals surface area contributed by atoms with E-state index in [9.17, 15) is 0 Å². The molecule has 0 saturated carbocycles. The maximum Gasteiger partial charge on any atom is 0.221 e. The van der Waals surface area contributed by atoms with Crippen LogP contribution < -0.4 is 14.8 Å². The van der Waals surface area contributed by atoms with Crippen LogP contribution in [0.25, 0.3) is 0 Å². The smallest absolute Gasteiger partial charge is 0.221 e. The van der Waals surface area contributed by atoms with Crippen molar-refractivity contribution in [2.24, 2.45) is 0 Å². The molecule has 0 bridgehead atoms. The van der Waals surface area contributed by atoms with Gasteiger partial charge >= 0.3 is 0 Å². The molecule has 0 amide bonds. The summed E-state index contributed by atoms with van der Waals surface area (Å²) in [6.07, 6.45) is 0. The van der Waals surface area contributed by atoms with E-state index in [2.05, 4.69) is 31.1 Å². The molecule has 106 valence electrons. The SMILES string of the molecule is COc1ccccc1Oc1cccc(NC(C)(C)C)n1. The Kier molecular flexibility index (Phi) is 4.13. The zero-order valence-corrected chi connectivity index (χ0v) is 12.3. The number of methoxy groups -OCH3 is 1. The van der Waals surface area contributed by atoms with Crippen molar-refractivity contribution >= 4 is 5.82 Å².